The molecule has 0 radical (unpaired) electrons. The van der Waals surface area contributed by atoms with Gasteiger partial charge < -0.3 is 10.2 Å². The van der Waals surface area contributed by atoms with Crippen molar-refractivity contribution in [2.75, 3.05) is 19.6 Å². The van der Waals surface area contributed by atoms with Crippen LogP contribution >= 0.6 is 0 Å². The fraction of sp³-hybridized carbons (Fsp3) is 0.933. The molecule has 0 bridgehead atoms. The second-order valence-corrected chi connectivity index (χ2v) is 6.84. The van der Waals surface area contributed by atoms with E-state index in [0.29, 0.717) is 17.9 Å². The zero-order chi connectivity index (χ0) is 12.1. The molecule has 2 aliphatic carbocycles. The zero-order valence-corrected chi connectivity index (χ0v) is 11.1. The number of rotatable bonds is 1. The van der Waals surface area contributed by atoms with Gasteiger partial charge in [0.25, 0.3) is 0 Å². The van der Waals surface area contributed by atoms with E-state index >= 15 is 0 Å². The van der Waals surface area contributed by atoms with Crippen LogP contribution in [0.5, 0.6) is 0 Å². The topological polar surface area (TPSA) is 32.3 Å². The highest BCUT2D eigenvalue weighted by atomic mass is 16.2. The van der Waals surface area contributed by atoms with E-state index in [1.54, 1.807) is 0 Å². The Hall–Kier alpha value is -0.570. The SMILES string of the molecule is O=C(C1C2CCCCC21)N1CC2CCCNC2C1. The molecule has 0 spiro atoms. The summed E-state index contributed by atoms with van der Waals surface area (Å²) in [5.74, 6) is 3.20. The largest absolute Gasteiger partial charge is 0.341 e. The molecule has 3 nitrogen and oxygen atoms in total. The highest BCUT2D eigenvalue weighted by Crippen LogP contribution is 2.56. The quantitative estimate of drug-likeness (QED) is 0.765. The Labute approximate surface area is 109 Å². The van der Waals surface area contributed by atoms with Crippen LogP contribution in [0.4, 0.5) is 0 Å². The van der Waals surface area contributed by atoms with Gasteiger partial charge in [-0.05, 0) is 50.0 Å². The molecule has 100 valence electrons. The molecular formula is C15H24N2O. The maximum Gasteiger partial charge on any atom is 0.226 e. The van der Waals surface area contributed by atoms with E-state index in [0.717, 1.165) is 37.4 Å². The van der Waals surface area contributed by atoms with E-state index in [2.05, 4.69) is 10.2 Å². The summed E-state index contributed by atoms with van der Waals surface area (Å²) in [7, 11) is 0. The van der Waals surface area contributed by atoms with Crippen LogP contribution in [0.15, 0.2) is 0 Å². The van der Waals surface area contributed by atoms with Crippen LogP contribution in [0.1, 0.15) is 38.5 Å². The first-order chi connectivity index (χ1) is 8.84. The van der Waals surface area contributed by atoms with Crippen molar-refractivity contribution in [2.24, 2.45) is 23.7 Å². The number of amides is 1. The summed E-state index contributed by atoms with van der Waals surface area (Å²) in [6, 6.07) is 0.600. The molecule has 1 amide bonds. The minimum absolute atomic E-state index is 0.424. The molecule has 0 aromatic heterocycles. The predicted molar refractivity (Wildman–Crippen MR) is 70.0 cm³/mol. The van der Waals surface area contributed by atoms with E-state index in [-0.39, 0.29) is 0 Å². The second kappa shape index (κ2) is 4.22. The third-order valence-electron chi connectivity index (χ3n) is 5.85. The van der Waals surface area contributed by atoms with Gasteiger partial charge in [-0.25, -0.2) is 0 Å². The summed E-state index contributed by atoms with van der Waals surface area (Å²) in [6.07, 6.45) is 7.96. The van der Waals surface area contributed by atoms with Crippen molar-refractivity contribution in [2.45, 2.75) is 44.6 Å². The lowest BCUT2D eigenvalue weighted by Crippen LogP contribution is -2.41. The van der Waals surface area contributed by atoms with Crippen LogP contribution in [0, 0.1) is 23.7 Å². The van der Waals surface area contributed by atoms with Gasteiger partial charge in [-0.2, -0.15) is 0 Å². The van der Waals surface area contributed by atoms with Gasteiger partial charge in [-0.3, -0.25) is 4.79 Å². The Kier molecular flexibility index (Phi) is 2.65. The molecule has 0 aromatic rings. The second-order valence-electron chi connectivity index (χ2n) is 6.84. The van der Waals surface area contributed by atoms with E-state index in [1.807, 2.05) is 0 Å². The Morgan fingerprint density at radius 1 is 1.00 bits per heavy atom. The standard InChI is InChI=1S/C15H24N2O/c18-15(14-11-5-1-2-6-12(11)14)17-8-10-4-3-7-16-13(10)9-17/h10-14,16H,1-9H2. The van der Waals surface area contributed by atoms with Crippen molar-refractivity contribution in [3.05, 3.63) is 0 Å². The fourth-order valence-electron chi connectivity index (χ4n) is 4.80. The summed E-state index contributed by atoms with van der Waals surface area (Å²) in [4.78, 5) is 14.8. The number of fused-ring (bicyclic) bond motifs is 2. The molecule has 4 unspecified atom stereocenters. The van der Waals surface area contributed by atoms with Crippen molar-refractivity contribution < 1.29 is 4.79 Å². The Bertz CT molecular complexity index is 330. The Morgan fingerprint density at radius 3 is 2.50 bits per heavy atom. The Morgan fingerprint density at radius 2 is 1.78 bits per heavy atom. The number of carbonyl (C=O) groups is 1. The fourth-order valence-corrected chi connectivity index (χ4v) is 4.80. The smallest absolute Gasteiger partial charge is 0.226 e. The van der Waals surface area contributed by atoms with E-state index in [9.17, 15) is 4.79 Å². The lowest BCUT2D eigenvalue weighted by molar-refractivity contribution is -0.132. The number of piperidine rings is 1. The first-order valence-corrected chi connectivity index (χ1v) is 7.87. The predicted octanol–water partition coefficient (Wildman–Crippen LogP) is 1.63. The van der Waals surface area contributed by atoms with Crippen molar-refractivity contribution >= 4 is 5.91 Å². The van der Waals surface area contributed by atoms with Crippen molar-refractivity contribution in [3.63, 3.8) is 0 Å². The molecule has 4 aliphatic rings. The van der Waals surface area contributed by atoms with E-state index in [1.165, 1.54) is 38.5 Å². The maximum atomic E-state index is 12.6. The Balaban J connectivity index is 1.41. The molecule has 2 saturated heterocycles. The number of nitrogens with zero attached hydrogens (tertiary/aromatic N) is 1. The summed E-state index contributed by atoms with van der Waals surface area (Å²) in [6.45, 7) is 3.17. The number of nitrogens with one attached hydrogen (secondary N) is 1. The van der Waals surface area contributed by atoms with Crippen molar-refractivity contribution in [3.8, 4) is 0 Å². The third-order valence-corrected chi connectivity index (χ3v) is 5.85. The third kappa shape index (κ3) is 1.70. The monoisotopic (exact) mass is 248 g/mol. The van der Waals surface area contributed by atoms with E-state index < -0.39 is 0 Å². The summed E-state index contributed by atoms with van der Waals surface area (Å²) < 4.78 is 0. The van der Waals surface area contributed by atoms with Gasteiger partial charge in [0.05, 0.1) is 0 Å². The van der Waals surface area contributed by atoms with Crippen LogP contribution in [-0.2, 0) is 4.79 Å². The average Bonchev–Trinajstić information content (AvgIpc) is 2.97. The first kappa shape index (κ1) is 11.3. The van der Waals surface area contributed by atoms with Gasteiger partial charge in [0.15, 0.2) is 0 Å². The van der Waals surface area contributed by atoms with Gasteiger partial charge in [0, 0.05) is 25.0 Å². The highest BCUT2D eigenvalue weighted by molar-refractivity contribution is 5.82. The van der Waals surface area contributed by atoms with Crippen LogP contribution < -0.4 is 5.32 Å². The number of hydrogen-bond acceptors (Lipinski definition) is 2. The van der Waals surface area contributed by atoms with Crippen LogP contribution in [0.3, 0.4) is 0 Å². The van der Waals surface area contributed by atoms with E-state index in [4.69, 9.17) is 0 Å². The molecule has 2 saturated carbocycles. The number of likely N-dealkylation sites (tertiary alicyclic amines) is 1. The number of carbonyl (C=O) groups excluding carboxylic acids is 1. The minimum Gasteiger partial charge on any atom is -0.341 e. The molecule has 4 rings (SSSR count). The summed E-state index contributed by atoms with van der Waals surface area (Å²) in [5, 5.41) is 3.59. The van der Waals surface area contributed by atoms with Gasteiger partial charge in [0.2, 0.25) is 5.91 Å². The minimum atomic E-state index is 0.424. The molecule has 2 aliphatic heterocycles. The van der Waals surface area contributed by atoms with Gasteiger partial charge in [0.1, 0.15) is 0 Å². The molecule has 0 aromatic carbocycles. The summed E-state index contributed by atoms with van der Waals surface area (Å²) >= 11 is 0. The zero-order valence-electron chi connectivity index (χ0n) is 11.1. The van der Waals surface area contributed by atoms with Crippen LogP contribution in [-0.4, -0.2) is 36.5 Å². The summed E-state index contributed by atoms with van der Waals surface area (Å²) in [5.41, 5.74) is 0. The normalized spacial score (nSPS) is 46.4. The van der Waals surface area contributed by atoms with Gasteiger partial charge in [-0.1, -0.05) is 12.8 Å². The van der Waals surface area contributed by atoms with Crippen LogP contribution in [0.25, 0.3) is 0 Å². The molecule has 18 heavy (non-hydrogen) atoms. The molecule has 1 N–H and O–H groups in total. The molecule has 4 fully saturated rings. The molecule has 2 heterocycles. The average molecular weight is 248 g/mol. The van der Waals surface area contributed by atoms with Crippen molar-refractivity contribution in [1.82, 2.24) is 10.2 Å². The lowest BCUT2D eigenvalue weighted by atomic mass is 9.94. The lowest BCUT2D eigenvalue weighted by Gasteiger charge is -2.24. The van der Waals surface area contributed by atoms with Crippen molar-refractivity contribution in [1.29, 1.82) is 0 Å². The maximum absolute atomic E-state index is 12.6. The van der Waals surface area contributed by atoms with Gasteiger partial charge >= 0.3 is 0 Å². The van der Waals surface area contributed by atoms with Gasteiger partial charge in [-0.15, -0.1) is 0 Å². The molecule has 4 atom stereocenters. The molecular weight excluding hydrogens is 224 g/mol. The van der Waals surface area contributed by atoms with Crippen LogP contribution in [0.2, 0.25) is 0 Å². The molecule has 3 heteroatoms. The number of hydrogen-bond donors (Lipinski definition) is 1. The highest BCUT2D eigenvalue weighted by Gasteiger charge is 2.56. The first-order valence-electron chi connectivity index (χ1n) is 7.87.